The van der Waals surface area contributed by atoms with E-state index in [9.17, 15) is 0 Å². The second-order valence-electron chi connectivity index (χ2n) is 11.1. The predicted molar refractivity (Wildman–Crippen MR) is 172 cm³/mol. The van der Waals surface area contributed by atoms with Crippen LogP contribution in [0.5, 0.6) is 0 Å². The van der Waals surface area contributed by atoms with Gasteiger partial charge in [-0.1, -0.05) is 103 Å². The lowest BCUT2D eigenvalue weighted by Gasteiger charge is -2.04. The van der Waals surface area contributed by atoms with Gasteiger partial charge in [0.05, 0.1) is 0 Å². The number of oxazole rings is 1. The number of hydrogen-bond donors (Lipinski definition) is 0. The van der Waals surface area contributed by atoms with Gasteiger partial charge in [-0.3, -0.25) is 0 Å². The van der Waals surface area contributed by atoms with E-state index in [2.05, 4.69) is 109 Å². The summed E-state index contributed by atoms with van der Waals surface area (Å²) in [4.78, 5) is 4.79. The maximum absolute atomic E-state index is 6.75. The van der Waals surface area contributed by atoms with Crippen molar-refractivity contribution in [2.45, 2.75) is 0 Å². The predicted octanol–water partition coefficient (Wildman–Crippen LogP) is 11.0. The van der Waals surface area contributed by atoms with Crippen LogP contribution in [0.1, 0.15) is 0 Å². The Morgan fingerprint density at radius 3 is 1.98 bits per heavy atom. The second kappa shape index (κ2) is 7.96. The van der Waals surface area contributed by atoms with Crippen LogP contribution in [0.2, 0.25) is 0 Å². The van der Waals surface area contributed by atoms with Crippen molar-refractivity contribution < 1.29 is 8.83 Å². The van der Waals surface area contributed by atoms with Crippen molar-refractivity contribution in [1.82, 2.24) is 4.98 Å². The van der Waals surface area contributed by atoms with Crippen molar-refractivity contribution in [1.29, 1.82) is 0 Å². The molecule has 0 saturated carbocycles. The summed E-state index contributed by atoms with van der Waals surface area (Å²) in [5.41, 5.74) is 11.8. The number of hydrogen-bond acceptors (Lipinski definition) is 3. The lowest BCUT2D eigenvalue weighted by atomic mass is 9.98. The first-order valence-corrected chi connectivity index (χ1v) is 14.2. The molecule has 0 saturated heterocycles. The molecule has 0 spiro atoms. The Bertz CT molecular complexity index is 2570. The van der Waals surface area contributed by atoms with Crippen LogP contribution in [0.3, 0.4) is 0 Å². The van der Waals surface area contributed by atoms with Crippen LogP contribution < -0.4 is 0 Å². The van der Waals surface area contributed by atoms with Crippen LogP contribution >= 0.6 is 0 Å². The molecule has 0 aliphatic heterocycles. The number of benzene rings is 7. The zero-order chi connectivity index (χ0) is 27.4. The number of para-hydroxylation sites is 1. The Hall–Kier alpha value is -5.67. The largest absolute Gasteiger partial charge is 0.455 e. The fraction of sp³-hybridized carbons (Fsp3) is 0. The molecule has 10 rings (SSSR count). The molecule has 194 valence electrons. The minimum absolute atomic E-state index is 0.624. The van der Waals surface area contributed by atoms with Gasteiger partial charge < -0.3 is 8.83 Å². The Morgan fingerprint density at radius 2 is 1.10 bits per heavy atom. The highest BCUT2D eigenvalue weighted by Gasteiger charge is 2.25. The maximum Gasteiger partial charge on any atom is 0.227 e. The number of nitrogens with zero attached hydrogens (tertiary/aromatic N) is 1. The molecule has 1 aliphatic rings. The van der Waals surface area contributed by atoms with Crippen LogP contribution in [0.15, 0.2) is 136 Å². The second-order valence-corrected chi connectivity index (χ2v) is 11.1. The van der Waals surface area contributed by atoms with Crippen LogP contribution in [-0.4, -0.2) is 4.98 Å². The molecular formula is C39H21NO2. The van der Waals surface area contributed by atoms with Crippen molar-refractivity contribution in [2.75, 3.05) is 0 Å². The minimum atomic E-state index is 0.624. The zero-order valence-corrected chi connectivity index (χ0v) is 22.4. The van der Waals surface area contributed by atoms with E-state index in [0.717, 1.165) is 65.9 Å². The summed E-state index contributed by atoms with van der Waals surface area (Å²) in [6.07, 6.45) is 0. The SMILES string of the molecule is c1ccc2c(c1)-c1cccc3c1c-2cc1c2cccc(-c4ccc(-c5nc6ccc7ccccc7c6o5)cc4)c2oc31. The van der Waals surface area contributed by atoms with Crippen molar-refractivity contribution in [3.63, 3.8) is 0 Å². The van der Waals surface area contributed by atoms with Gasteiger partial charge in [0.1, 0.15) is 16.7 Å². The van der Waals surface area contributed by atoms with Gasteiger partial charge in [0.2, 0.25) is 5.89 Å². The van der Waals surface area contributed by atoms with Gasteiger partial charge in [0, 0.05) is 38.1 Å². The first-order valence-electron chi connectivity index (χ1n) is 14.2. The highest BCUT2D eigenvalue weighted by atomic mass is 16.3. The minimum Gasteiger partial charge on any atom is -0.455 e. The molecule has 0 N–H and O–H groups in total. The molecule has 2 heterocycles. The first-order chi connectivity index (χ1) is 20.8. The molecule has 0 radical (unpaired) electrons. The lowest BCUT2D eigenvalue weighted by Crippen LogP contribution is -1.81. The van der Waals surface area contributed by atoms with E-state index in [1.165, 1.54) is 27.6 Å². The summed E-state index contributed by atoms with van der Waals surface area (Å²) >= 11 is 0. The Labute approximate surface area is 240 Å². The summed E-state index contributed by atoms with van der Waals surface area (Å²) in [6.45, 7) is 0. The molecule has 3 nitrogen and oxygen atoms in total. The van der Waals surface area contributed by atoms with Crippen LogP contribution in [0, 0.1) is 0 Å². The maximum atomic E-state index is 6.75. The third-order valence-electron chi connectivity index (χ3n) is 8.85. The van der Waals surface area contributed by atoms with Gasteiger partial charge in [-0.2, -0.15) is 0 Å². The number of furan rings is 1. The number of rotatable bonds is 2. The third-order valence-corrected chi connectivity index (χ3v) is 8.85. The molecule has 0 unspecified atom stereocenters. The van der Waals surface area contributed by atoms with E-state index in [1.807, 2.05) is 18.2 Å². The molecule has 0 bridgehead atoms. The fourth-order valence-electron chi connectivity index (χ4n) is 6.92. The third kappa shape index (κ3) is 2.87. The van der Waals surface area contributed by atoms with Gasteiger partial charge in [0.25, 0.3) is 0 Å². The molecule has 42 heavy (non-hydrogen) atoms. The van der Waals surface area contributed by atoms with Crippen LogP contribution in [0.25, 0.3) is 99.4 Å². The smallest absolute Gasteiger partial charge is 0.227 e. The van der Waals surface area contributed by atoms with E-state index in [-0.39, 0.29) is 0 Å². The Kier molecular flexibility index (Phi) is 4.18. The van der Waals surface area contributed by atoms with Gasteiger partial charge in [-0.05, 0) is 57.5 Å². The molecule has 3 heteroatoms. The molecule has 9 aromatic rings. The highest BCUT2D eigenvalue weighted by molar-refractivity contribution is 6.26. The van der Waals surface area contributed by atoms with Crippen molar-refractivity contribution in [3.05, 3.63) is 127 Å². The molecule has 1 aliphatic carbocycles. The average molecular weight is 536 g/mol. The molecule has 7 aromatic carbocycles. The normalized spacial score (nSPS) is 12.3. The molecule has 0 amide bonds. The fourth-order valence-corrected chi connectivity index (χ4v) is 6.92. The number of fused-ring (bicyclic) bond motifs is 10. The van der Waals surface area contributed by atoms with Gasteiger partial charge in [-0.25, -0.2) is 4.98 Å². The van der Waals surface area contributed by atoms with E-state index in [0.29, 0.717) is 5.89 Å². The van der Waals surface area contributed by atoms with Gasteiger partial charge in [-0.15, -0.1) is 0 Å². The van der Waals surface area contributed by atoms with E-state index in [4.69, 9.17) is 13.8 Å². The summed E-state index contributed by atoms with van der Waals surface area (Å²) in [7, 11) is 0. The summed E-state index contributed by atoms with van der Waals surface area (Å²) in [6, 6.07) is 44.8. The molecular weight excluding hydrogens is 514 g/mol. The standard InChI is InChI=1S/C39H21NO2/c1-2-8-26-22(7-1)19-20-34-38(26)42-39(40-34)24-17-15-23(16-18-24)25-11-5-13-30-33-21-32-28-10-4-3-9-27(28)29-12-6-14-31(35(29)32)37(33)41-36(25)30/h1-21H. The Morgan fingerprint density at radius 1 is 0.405 bits per heavy atom. The molecule has 2 aromatic heterocycles. The van der Waals surface area contributed by atoms with Crippen LogP contribution in [-0.2, 0) is 0 Å². The van der Waals surface area contributed by atoms with E-state index >= 15 is 0 Å². The monoisotopic (exact) mass is 535 g/mol. The van der Waals surface area contributed by atoms with E-state index in [1.54, 1.807) is 0 Å². The average Bonchev–Trinajstić information content (AvgIpc) is 3.75. The van der Waals surface area contributed by atoms with E-state index < -0.39 is 0 Å². The van der Waals surface area contributed by atoms with Crippen molar-refractivity contribution in [3.8, 4) is 44.8 Å². The zero-order valence-electron chi connectivity index (χ0n) is 22.4. The summed E-state index contributed by atoms with van der Waals surface area (Å²) in [5, 5.41) is 6.95. The number of aromatic nitrogens is 1. The summed E-state index contributed by atoms with van der Waals surface area (Å²) < 4.78 is 13.0. The molecule has 0 fully saturated rings. The topological polar surface area (TPSA) is 39.2 Å². The lowest BCUT2D eigenvalue weighted by molar-refractivity contribution is 0.623. The Balaban J connectivity index is 1.13. The first kappa shape index (κ1) is 22.1. The molecule has 0 atom stereocenters. The van der Waals surface area contributed by atoms with Gasteiger partial charge >= 0.3 is 0 Å². The quantitative estimate of drug-likeness (QED) is 0.221. The highest BCUT2D eigenvalue weighted by Crippen LogP contribution is 2.51. The van der Waals surface area contributed by atoms with Crippen LogP contribution in [0.4, 0.5) is 0 Å². The van der Waals surface area contributed by atoms with Gasteiger partial charge in [0.15, 0.2) is 5.58 Å². The van der Waals surface area contributed by atoms with Crippen molar-refractivity contribution in [2.24, 2.45) is 0 Å². The van der Waals surface area contributed by atoms with Crippen molar-refractivity contribution >= 4 is 54.6 Å². The summed E-state index contributed by atoms with van der Waals surface area (Å²) in [5.74, 6) is 0.624.